The highest BCUT2D eigenvalue weighted by molar-refractivity contribution is 8.00. The SMILES string of the molecule is CC1SCCN(c2cccc(NN)n2)C1C. The van der Waals surface area contributed by atoms with Gasteiger partial charge < -0.3 is 10.3 Å². The van der Waals surface area contributed by atoms with Crippen molar-refractivity contribution in [3.05, 3.63) is 18.2 Å². The fourth-order valence-corrected chi connectivity index (χ4v) is 3.02. The summed E-state index contributed by atoms with van der Waals surface area (Å²) < 4.78 is 0. The molecule has 3 N–H and O–H groups in total. The molecule has 0 aromatic carbocycles. The normalized spacial score (nSPS) is 25.6. The molecule has 88 valence electrons. The van der Waals surface area contributed by atoms with Crippen LogP contribution in [0.15, 0.2) is 18.2 Å². The summed E-state index contributed by atoms with van der Waals surface area (Å²) in [7, 11) is 0. The highest BCUT2D eigenvalue weighted by atomic mass is 32.2. The van der Waals surface area contributed by atoms with E-state index in [0.29, 0.717) is 11.3 Å². The Morgan fingerprint density at radius 1 is 1.50 bits per heavy atom. The summed E-state index contributed by atoms with van der Waals surface area (Å²) >= 11 is 2.02. The fourth-order valence-electron chi connectivity index (χ4n) is 1.92. The summed E-state index contributed by atoms with van der Waals surface area (Å²) in [5.41, 5.74) is 2.59. The van der Waals surface area contributed by atoms with Gasteiger partial charge in [-0.2, -0.15) is 11.8 Å². The summed E-state index contributed by atoms with van der Waals surface area (Å²) in [6.45, 7) is 5.57. The lowest BCUT2D eigenvalue weighted by Crippen LogP contribution is -2.45. The number of hydrogen-bond donors (Lipinski definition) is 2. The zero-order chi connectivity index (χ0) is 11.5. The van der Waals surface area contributed by atoms with Crippen LogP contribution in [0.1, 0.15) is 13.8 Å². The first kappa shape index (κ1) is 11.5. The van der Waals surface area contributed by atoms with Crippen molar-refractivity contribution >= 4 is 23.4 Å². The first-order valence-corrected chi connectivity index (χ1v) is 6.59. The molecule has 1 aliphatic heterocycles. The van der Waals surface area contributed by atoms with Gasteiger partial charge in [-0.25, -0.2) is 10.8 Å². The number of thioether (sulfide) groups is 1. The molecule has 2 unspecified atom stereocenters. The van der Waals surface area contributed by atoms with E-state index in [1.807, 2.05) is 30.0 Å². The number of aromatic nitrogens is 1. The summed E-state index contributed by atoms with van der Waals surface area (Å²) in [4.78, 5) is 6.83. The van der Waals surface area contributed by atoms with Crippen molar-refractivity contribution in [3.8, 4) is 0 Å². The number of hydrogen-bond acceptors (Lipinski definition) is 5. The third kappa shape index (κ3) is 2.25. The summed E-state index contributed by atoms with van der Waals surface area (Å²) in [5, 5.41) is 0.644. The molecule has 5 heteroatoms. The van der Waals surface area contributed by atoms with Gasteiger partial charge in [0.25, 0.3) is 0 Å². The van der Waals surface area contributed by atoms with E-state index in [1.54, 1.807) is 0 Å². The zero-order valence-electron chi connectivity index (χ0n) is 9.68. The predicted octanol–water partition coefficient (Wildman–Crippen LogP) is 1.70. The number of rotatable bonds is 2. The number of hydrazine groups is 1. The van der Waals surface area contributed by atoms with E-state index in [1.165, 1.54) is 0 Å². The number of anilines is 2. The lowest BCUT2D eigenvalue weighted by molar-refractivity contribution is 0.621. The van der Waals surface area contributed by atoms with Crippen molar-refractivity contribution < 1.29 is 0 Å². The van der Waals surface area contributed by atoms with Gasteiger partial charge in [-0.05, 0) is 19.1 Å². The van der Waals surface area contributed by atoms with Crippen LogP contribution < -0.4 is 16.2 Å². The Morgan fingerprint density at radius 3 is 3.06 bits per heavy atom. The fraction of sp³-hybridized carbons (Fsp3) is 0.545. The van der Waals surface area contributed by atoms with Crippen molar-refractivity contribution in [2.75, 3.05) is 22.6 Å². The second-order valence-electron chi connectivity index (χ2n) is 4.04. The number of nitrogens with zero attached hydrogens (tertiary/aromatic N) is 2. The van der Waals surface area contributed by atoms with Crippen LogP contribution in [0.2, 0.25) is 0 Å². The Labute approximate surface area is 101 Å². The van der Waals surface area contributed by atoms with Gasteiger partial charge in [-0.3, -0.25) is 0 Å². The van der Waals surface area contributed by atoms with Gasteiger partial charge >= 0.3 is 0 Å². The monoisotopic (exact) mass is 238 g/mol. The third-order valence-corrected chi connectivity index (χ3v) is 4.40. The largest absolute Gasteiger partial charge is 0.352 e. The summed E-state index contributed by atoms with van der Waals surface area (Å²) in [6, 6.07) is 6.41. The Kier molecular flexibility index (Phi) is 3.56. The Balaban J connectivity index is 2.21. The van der Waals surface area contributed by atoms with E-state index < -0.39 is 0 Å². The molecular formula is C11H18N4S. The van der Waals surface area contributed by atoms with E-state index in [4.69, 9.17) is 5.84 Å². The van der Waals surface area contributed by atoms with E-state index in [2.05, 4.69) is 29.2 Å². The van der Waals surface area contributed by atoms with Gasteiger partial charge in [-0.1, -0.05) is 13.0 Å². The van der Waals surface area contributed by atoms with Crippen molar-refractivity contribution in [1.29, 1.82) is 0 Å². The van der Waals surface area contributed by atoms with Crippen molar-refractivity contribution in [2.45, 2.75) is 25.1 Å². The molecule has 2 atom stereocenters. The molecular weight excluding hydrogens is 220 g/mol. The lowest BCUT2D eigenvalue weighted by Gasteiger charge is -2.38. The van der Waals surface area contributed by atoms with Crippen LogP contribution in [0.4, 0.5) is 11.6 Å². The second kappa shape index (κ2) is 4.93. The van der Waals surface area contributed by atoms with Gasteiger partial charge in [0.05, 0.1) is 0 Å². The van der Waals surface area contributed by atoms with E-state index in [0.717, 1.165) is 23.9 Å². The summed E-state index contributed by atoms with van der Waals surface area (Å²) in [6.07, 6.45) is 0. The van der Waals surface area contributed by atoms with Gasteiger partial charge in [0.1, 0.15) is 11.6 Å². The van der Waals surface area contributed by atoms with Gasteiger partial charge in [0, 0.05) is 23.6 Å². The van der Waals surface area contributed by atoms with Crippen molar-refractivity contribution in [1.82, 2.24) is 4.98 Å². The van der Waals surface area contributed by atoms with Gasteiger partial charge in [-0.15, -0.1) is 0 Å². The number of nitrogens with two attached hydrogens (primary N) is 1. The minimum Gasteiger partial charge on any atom is -0.352 e. The molecule has 0 spiro atoms. The van der Waals surface area contributed by atoms with Crippen LogP contribution in [-0.2, 0) is 0 Å². The molecule has 2 heterocycles. The zero-order valence-corrected chi connectivity index (χ0v) is 10.5. The molecule has 0 saturated carbocycles. The van der Waals surface area contributed by atoms with Crippen LogP contribution in [0, 0.1) is 0 Å². The molecule has 1 aromatic heterocycles. The van der Waals surface area contributed by atoms with Gasteiger partial charge in [0.15, 0.2) is 0 Å². The maximum Gasteiger partial charge on any atom is 0.142 e. The molecule has 1 fully saturated rings. The van der Waals surface area contributed by atoms with Crippen LogP contribution in [0.25, 0.3) is 0 Å². The average Bonchev–Trinajstić information content (AvgIpc) is 2.33. The number of nitrogen functional groups attached to an aromatic ring is 1. The number of nitrogens with one attached hydrogen (secondary N) is 1. The first-order valence-electron chi connectivity index (χ1n) is 5.54. The minimum atomic E-state index is 0.513. The van der Waals surface area contributed by atoms with E-state index >= 15 is 0 Å². The van der Waals surface area contributed by atoms with Crippen LogP contribution in [0.5, 0.6) is 0 Å². The second-order valence-corrected chi connectivity index (χ2v) is 5.52. The molecule has 16 heavy (non-hydrogen) atoms. The Hall–Kier alpha value is -0.940. The van der Waals surface area contributed by atoms with Crippen LogP contribution in [0.3, 0.4) is 0 Å². The highest BCUT2D eigenvalue weighted by Crippen LogP contribution is 2.28. The maximum atomic E-state index is 5.38. The highest BCUT2D eigenvalue weighted by Gasteiger charge is 2.26. The average molecular weight is 238 g/mol. The summed E-state index contributed by atoms with van der Waals surface area (Å²) in [5.74, 6) is 8.26. The molecule has 1 aromatic rings. The van der Waals surface area contributed by atoms with Crippen molar-refractivity contribution in [2.24, 2.45) is 5.84 Å². The molecule has 4 nitrogen and oxygen atoms in total. The molecule has 0 radical (unpaired) electrons. The molecule has 0 amide bonds. The molecule has 2 rings (SSSR count). The van der Waals surface area contributed by atoms with E-state index in [9.17, 15) is 0 Å². The maximum absolute atomic E-state index is 5.38. The molecule has 1 saturated heterocycles. The third-order valence-electron chi connectivity index (χ3n) is 3.06. The lowest BCUT2D eigenvalue weighted by atomic mass is 10.2. The number of pyridine rings is 1. The van der Waals surface area contributed by atoms with Gasteiger partial charge in [0.2, 0.25) is 0 Å². The van der Waals surface area contributed by atoms with E-state index in [-0.39, 0.29) is 0 Å². The van der Waals surface area contributed by atoms with Crippen LogP contribution >= 0.6 is 11.8 Å². The van der Waals surface area contributed by atoms with Crippen LogP contribution in [-0.4, -0.2) is 28.6 Å². The van der Waals surface area contributed by atoms with Crippen molar-refractivity contribution in [3.63, 3.8) is 0 Å². The Morgan fingerprint density at radius 2 is 2.31 bits per heavy atom. The smallest absolute Gasteiger partial charge is 0.142 e. The molecule has 1 aliphatic rings. The molecule has 0 aliphatic carbocycles. The Bertz CT molecular complexity index is 358. The molecule has 0 bridgehead atoms. The topological polar surface area (TPSA) is 54.2 Å². The predicted molar refractivity (Wildman–Crippen MR) is 70.8 cm³/mol. The minimum absolute atomic E-state index is 0.513. The quantitative estimate of drug-likeness (QED) is 0.606. The first-order chi connectivity index (χ1) is 7.72. The standard InChI is InChI=1S/C11H18N4S/c1-8-9(2)16-7-6-15(8)11-5-3-4-10(13-11)14-12/h3-5,8-9H,6-7,12H2,1-2H3,(H,13,14).